The lowest BCUT2D eigenvalue weighted by atomic mass is 10.1. The first kappa shape index (κ1) is 15.7. The standard InChI is InChI=1S/C16H16ClFN2S/c1-2-15(11-6-4-3-5-7-11)20-16(21)19-12-8-9-14(18)13(17)10-12/h3-10,15H,2H2,1H3,(H2,19,20,21)/t15-/m1/s1. The Bertz CT molecular complexity index is 619. The van der Waals surface area contributed by atoms with E-state index in [0.717, 1.165) is 6.42 Å². The van der Waals surface area contributed by atoms with Crippen molar-refractivity contribution < 1.29 is 4.39 Å². The molecule has 1 atom stereocenters. The van der Waals surface area contributed by atoms with Gasteiger partial charge in [-0.3, -0.25) is 0 Å². The van der Waals surface area contributed by atoms with Crippen molar-refractivity contribution in [2.45, 2.75) is 19.4 Å². The number of thiocarbonyl (C=S) groups is 1. The first-order chi connectivity index (χ1) is 10.1. The molecule has 0 bridgehead atoms. The van der Waals surface area contributed by atoms with Gasteiger partial charge in [-0.05, 0) is 42.4 Å². The molecule has 2 nitrogen and oxygen atoms in total. The van der Waals surface area contributed by atoms with E-state index < -0.39 is 5.82 Å². The summed E-state index contributed by atoms with van der Waals surface area (Å²) in [4.78, 5) is 0. The van der Waals surface area contributed by atoms with Gasteiger partial charge in [0, 0.05) is 5.69 Å². The van der Waals surface area contributed by atoms with Crippen LogP contribution >= 0.6 is 23.8 Å². The monoisotopic (exact) mass is 322 g/mol. The van der Waals surface area contributed by atoms with Gasteiger partial charge in [0.15, 0.2) is 5.11 Å². The molecular weight excluding hydrogens is 307 g/mol. The molecule has 0 unspecified atom stereocenters. The number of halogens is 2. The predicted molar refractivity (Wildman–Crippen MR) is 90.2 cm³/mol. The predicted octanol–water partition coefficient (Wildman–Crippen LogP) is 4.92. The second kappa shape index (κ2) is 7.38. The molecule has 110 valence electrons. The van der Waals surface area contributed by atoms with Crippen molar-refractivity contribution >= 4 is 34.6 Å². The molecular formula is C16H16ClFN2S. The van der Waals surface area contributed by atoms with Crippen molar-refractivity contribution in [2.24, 2.45) is 0 Å². The first-order valence-electron chi connectivity index (χ1n) is 6.67. The molecule has 2 N–H and O–H groups in total. The fraction of sp³-hybridized carbons (Fsp3) is 0.188. The Labute approximate surface area is 134 Å². The molecule has 2 aromatic rings. The lowest BCUT2D eigenvalue weighted by Crippen LogP contribution is -2.32. The van der Waals surface area contributed by atoms with Crippen LogP contribution in [-0.4, -0.2) is 5.11 Å². The molecule has 0 saturated heterocycles. The zero-order chi connectivity index (χ0) is 15.2. The van der Waals surface area contributed by atoms with E-state index in [4.69, 9.17) is 23.8 Å². The van der Waals surface area contributed by atoms with Gasteiger partial charge in [0.2, 0.25) is 0 Å². The Morgan fingerprint density at radius 1 is 1.24 bits per heavy atom. The third kappa shape index (κ3) is 4.41. The molecule has 0 spiro atoms. The quantitative estimate of drug-likeness (QED) is 0.781. The SMILES string of the molecule is CC[C@@H](NC(=S)Nc1ccc(F)c(Cl)c1)c1ccccc1. The molecule has 0 fully saturated rings. The van der Waals surface area contributed by atoms with E-state index in [1.165, 1.54) is 17.7 Å². The number of nitrogens with one attached hydrogen (secondary N) is 2. The van der Waals surface area contributed by atoms with Crippen LogP contribution in [0.1, 0.15) is 24.9 Å². The van der Waals surface area contributed by atoms with Gasteiger partial charge in [-0.15, -0.1) is 0 Å². The molecule has 0 aliphatic carbocycles. The van der Waals surface area contributed by atoms with Gasteiger partial charge < -0.3 is 10.6 Å². The Morgan fingerprint density at radius 2 is 1.95 bits per heavy atom. The Morgan fingerprint density at radius 3 is 2.57 bits per heavy atom. The number of anilines is 1. The molecule has 0 saturated carbocycles. The zero-order valence-corrected chi connectivity index (χ0v) is 13.1. The molecule has 0 amide bonds. The van der Waals surface area contributed by atoms with Gasteiger partial charge in [-0.25, -0.2) is 4.39 Å². The molecule has 5 heteroatoms. The summed E-state index contributed by atoms with van der Waals surface area (Å²) in [6.45, 7) is 2.09. The first-order valence-corrected chi connectivity index (χ1v) is 7.46. The van der Waals surface area contributed by atoms with Gasteiger partial charge >= 0.3 is 0 Å². The van der Waals surface area contributed by atoms with E-state index in [-0.39, 0.29) is 11.1 Å². The number of benzene rings is 2. The Balaban J connectivity index is 2.01. The molecule has 21 heavy (non-hydrogen) atoms. The lowest BCUT2D eigenvalue weighted by Gasteiger charge is -2.20. The molecule has 2 rings (SSSR count). The van der Waals surface area contributed by atoms with Crippen molar-refractivity contribution in [2.75, 3.05) is 5.32 Å². The summed E-state index contributed by atoms with van der Waals surface area (Å²) in [6, 6.07) is 14.6. The van der Waals surface area contributed by atoms with Crippen LogP contribution in [0.3, 0.4) is 0 Å². The van der Waals surface area contributed by atoms with Crippen molar-refractivity contribution in [3.63, 3.8) is 0 Å². The van der Waals surface area contributed by atoms with E-state index in [0.29, 0.717) is 10.8 Å². The van der Waals surface area contributed by atoms with Gasteiger partial charge in [0.25, 0.3) is 0 Å². The molecule has 0 heterocycles. The van der Waals surface area contributed by atoms with Crippen molar-refractivity contribution in [1.82, 2.24) is 5.32 Å². The van der Waals surface area contributed by atoms with Crippen LogP contribution in [0.5, 0.6) is 0 Å². The Kier molecular flexibility index (Phi) is 5.53. The van der Waals surface area contributed by atoms with Crippen LogP contribution in [0.4, 0.5) is 10.1 Å². The fourth-order valence-electron chi connectivity index (χ4n) is 2.01. The molecule has 0 aliphatic heterocycles. The average Bonchev–Trinajstić information content (AvgIpc) is 2.49. The van der Waals surface area contributed by atoms with E-state index in [2.05, 4.69) is 29.7 Å². The summed E-state index contributed by atoms with van der Waals surface area (Å²) in [7, 11) is 0. The molecule has 0 aromatic heterocycles. The van der Waals surface area contributed by atoms with Crippen LogP contribution in [0.15, 0.2) is 48.5 Å². The minimum Gasteiger partial charge on any atom is -0.356 e. The summed E-state index contributed by atoms with van der Waals surface area (Å²) in [6.07, 6.45) is 0.899. The smallest absolute Gasteiger partial charge is 0.171 e. The largest absolute Gasteiger partial charge is 0.356 e. The number of hydrogen-bond acceptors (Lipinski definition) is 1. The van der Waals surface area contributed by atoms with Gasteiger partial charge in [-0.2, -0.15) is 0 Å². The molecule has 0 aliphatic rings. The summed E-state index contributed by atoms with van der Waals surface area (Å²) in [5.41, 5.74) is 1.82. The summed E-state index contributed by atoms with van der Waals surface area (Å²) >= 11 is 11.0. The highest BCUT2D eigenvalue weighted by Crippen LogP contribution is 2.20. The zero-order valence-electron chi connectivity index (χ0n) is 11.6. The van der Waals surface area contributed by atoms with E-state index >= 15 is 0 Å². The number of hydrogen-bond donors (Lipinski definition) is 2. The normalized spacial score (nSPS) is 11.8. The van der Waals surface area contributed by atoms with Crippen LogP contribution in [0, 0.1) is 5.82 Å². The highest BCUT2D eigenvalue weighted by atomic mass is 35.5. The topological polar surface area (TPSA) is 24.1 Å². The maximum absolute atomic E-state index is 13.1. The summed E-state index contributed by atoms with van der Waals surface area (Å²) in [5, 5.41) is 6.81. The van der Waals surface area contributed by atoms with Crippen LogP contribution in [0.2, 0.25) is 5.02 Å². The highest BCUT2D eigenvalue weighted by molar-refractivity contribution is 7.80. The van der Waals surface area contributed by atoms with Crippen LogP contribution in [0.25, 0.3) is 0 Å². The van der Waals surface area contributed by atoms with Crippen molar-refractivity contribution in [3.8, 4) is 0 Å². The maximum Gasteiger partial charge on any atom is 0.171 e. The third-order valence-corrected chi connectivity index (χ3v) is 3.60. The Hall–Kier alpha value is -1.65. The lowest BCUT2D eigenvalue weighted by molar-refractivity contribution is 0.627. The summed E-state index contributed by atoms with van der Waals surface area (Å²) < 4.78 is 13.1. The van der Waals surface area contributed by atoms with E-state index in [1.807, 2.05) is 18.2 Å². The van der Waals surface area contributed by atoms with Gasteiger partial charge in [-0.1, -0.05) is 48.9 Å². The second-order valence-corrected chi connectivity index (χ2v) is 5.41. The maximum atomic E-state index is 13.1. The van der Waals surface area contributed by atoms with Crippen molar-refractivity contribution in [3.05, 3.63) is 64.9 Å². The van der Waals surface area contributed by atoms with Crippen molar-refractivity contribution in [1.29, 1.82) is 0 Å². The highest BCUT2D eigenvalue weighted by Gasteiger charge is 2.10. The second-order valence-electron chi connectivity index (χ2n) is 4.60. The van der Waals surface area contributed by atoms with Gasteiger partial charge in [0.05, 0.1) is 11.1 Å². The van der Waals surface area contributed by atoms with Crippen LogP contribution < -0.4 is 10.6 Å². The van der Waals surface area contributed by atoms with E-state index in [9.17, 15) is 4.39 Å². The number of rotatable bonds is 4. The molecule has 2 aromatic carbocycles. The average molecular weight is 323 g/mol. The third-order valence-electron chi connectivity index (χ3n) is 3.09. The fourth-order valence-corrected chi connectivity index (χ4v) is 2.45. The van der Waals surface area contributed by atoms with E-state index in [1.54, 1.807) is 6.07 Å². The minimum atomic E-state index is -0.447. The minimum absolute atomic E-state index is 0.0675. The van der Waals surface area contributed by atoms with Gasteiger partial charge in [0.1, 0.15) is 5.82 Å². The van der Waals surface area contributed by atoms with Crippen LogP contribution in [-0.2, 0) is 0 Å². The molecule has 0 radical (unpaired) electrons. The summed E-state index contributed by atoms with van der Waals surface area (Å²) in [5.74, 6) is -0.447.